The van der Waals surface area contributed by atoms with Crippen molar-refractivity contribution in [3.63, 3.8) is 0 Å². The van der Waals surface area contributed by atoms with Crippen molar-refractivity contribution in [1.82, 2.24) is 14.5 Å². The van der Waals surface area contributed by atoms with Crippen molar-refractivity contribution in [2.24, 2.45) is 0 Å². The molecular weight excluding hydrogens is 510 g/mol. The molecule has 0 aliphatic rings. The molecule has 0 fully saturated rings. The fourth-order valence-corrected chi connectivity index (χ4v) is 5.31. The van der Waals surface area contributed by atoms with Gasteiger partial charge < -0.3 is 5.32 Å². The molecule has 0 aliphatic carbocycles. The first-order valence-electron chi connectivity index (χ1n) is 11.2. The number of carbonyl (C=O) groups excluding carboxylic acids is 1. The van der Waals surface area contributed by atoms with Crippen LogP contribution in [0, 0.1) is 10.1 Å². The largest absolute Gasteiger partial charge is 0.301 e. The van der Waals surface area contributed by atoms with Crippen molar-refractivity contribution >= 4 is 50.7 Å². The quantitative estimate of drug-likeness (QED) is 0.127. The monoisotopic (exact) mass is 529 g/mol. The number of hydrogen-bond donors (Lipinski definition) is 1. The number of thiazole rings is 1. The van der Waals surface area contributed by atoms with Gasteiger partial charge in [0, 0.05) is 23.1 Å². The number of fused-ring (bicyclic) bond motifs is 1. The van der Waals surface area contributed by atoms with Gasteiger partial charge in [0.05, 0.1) is 32.5 Å². The van der Waals surface area contributed by atoms with E-state index in [2.05, 4.69) is 15.3 Å². The Bertz CT molecular complexity index is 1680. The summed E-state index contributed by atoms with van der Waals surface area (Å²) in [6.45, 7) is 1.73. The lowest BCUT2D eigenvalue weighted by Gasteiger charge is -2.16. The second kappa shape index (κ2) is 10.3. The van der Waals surface area contributed by atoms with Crippen LogP contribution in [0.5, 0.6) is 0 Å². The number of rotatable bonds is 7. The zero-order chi connectivity index (χ0) is 25.9. The summed E-state index contributed by atoms with van der Waals surface area (Å²) in [5, 5.41) is 16.2. The third-order valence-corrected chi connectivity index (χ3v) is 7.31. The van der Waals surface area contributed by atoms with Gasteiger partial charge in [0.15, 0.2) is 10.3 Å². The van der Waals surface area contributed by atoms with Crippen LogP contribution in [0.2, 0.25) is 0 Å². The first kappa shape index (κ1) is 24.3. The highest BCUT2D eigenvalue weighted by molar-refractivity contribution is 8.00. The van der Waals surface area contributed by atoms with Gasteiger partial charge in [-0.2, -0.15) is 0 Å². The van der Waals surface area contributed by atoms with Gasteiger partial charge in [0.25, 0.3) is 11.2 Å². The second-order valence-electron chi connectivity index (χ2n) is 7.98. The Balaban J connectivity index is 1.39. The molecule has 1 N–H and O–H groups in total. The maximum atomic E-state index is 13.4. The highest BCUT2D eigenvalue weighted by Gasteiger charge is 2.21. The number of benzene rings is 3. The number of anilines is 1. The molecule has 5 rings (SSSR count). The van der Waals surface area contributed by atoms with E-state index in [1.807, 2.05) is 36.4 Å². The number of aromatic nitrogens is 3. The summed E-state index contributed by atoms with van der Waals surface area (Å²) in [6, 6.07) is 22.4. The summed E-state index contributed by atoms with van der Waals surface area (Å²) in [5.41, 5.74) is 2.07. The van der Waals surface area contributed by atoms with E-state index >= 15 is 0 Å². The van der Waals surface area contributed by atoms with E-state index in [0.717, 1.165) is 0 Å². The van der Waals surface area contributed by atoms with Gasteiger partial charge in [0.2, 0.25) is 5.91 Å². The average molecular weight is 530 g/mol. The van der Waals surface area contributed by atoms with Crippen LogP contribution in [-0.4, -0.2) is 30.6 Å². The van der Waals surface area contributed by atoms with E-state index in [9.17, 15) is 19.7 Å². The van der Waals surface area contributed by atoms with Gasteiger partial charge in [-0.25, -0.2) is 9.97 Å². The van der Waals surface area contributed by atoms with Crippen LogP contribution in [0.15, 0.2) is 94.2 Å². The summed E-state index contributed by atoms with van der Waals surface area (Å²) in [6.07, 6.45) is 0. The van der Waals surface area contributed by atoms with Crippen molar-refractivity contribution in [2.45, 2.75) is 17.3 Å². The predicted octanol–water partition coefficient (Wildman–Crippen LogP) is 5.54. The molecule has 1 unspecified atom stereocenters. The third kappa shape index (κ3) is 5.13. The number of nitrogens with one attached hydrogen (secondary N) is 1. The molecule has 184 valence electrons. The highest BCUT2D eigenvalue weighted by Crippen LogP contribution is 2.29. The molecule has 0 saturated heterocycles. The Kier molecular flexibility index (Phi) is 6.80. The number of amides is 1. The Morgan fingerprint density at radius 3 is 2.59 bits per heavy atom. The van der Waals surface area contributed by atoms with E-state index < -0.39 is 10.2 Å². The lowest BCUT2D eigenvalue weighted by molar-refractivity contribution is -0.384. The van der Waals surface area contributed by atoms with Crippen molar-refractivity contribution in [3.8, 4) is 16.9 Å². The highest BCUT2D eigenvalue weighted by atomic mass is 32.2. The Labute approximate surface area is 219 Å². The molecule has 0 spiro atoms. The zero-order valence-corrected chi connectivity index (χ0v) is 21.0. The number of thioether (sulfide) groups is 1. The van der Waals surface area contributed by atoms with Gasteiger partial charge >= 0.3 is 0 Å². The summed E-state index contributed by atoms with van der Waals surface area (Å²) >= 11 is 2.39. The summed E-state index contributed by atoms with van der Waals surface area (Å²) < 4.78 is 1.51. The molecule has 2 heterocycles. The van der Waals surface area contributed by atoms with Crippen LogP contribution < -0.4 is 10.9 Å². The summed E-state index contributed by atoms with van der Waals surface area (Å²) in [5.74, 6) is -0.313. The van der Waals surface area contributed by atoms with Crippen molar-refractivity contribution in [2.75, 3.05) is 5.32 Å². The molecule has 5 aromatic rings. The summed E-state index contributed by atoms with van der Waals surface area (Å²) in [4.78, 5) is 46.1. The average Bonchev–Trinajstić information content (AvgIpc) is 3.38. The van der Waals surface area contributed by atoms with E-state index in [4.69, 9.17) is 0 Å². The predicted molar refractivity (Wildman–Crippen MR) is 145 cm³/mol. The van der Waals surface area contributed by atoms with E-state index in [0.29, 0.717) is 38.1 Å². The molecule has 2 aromatic heterocycles. The molecule has 9 nitrogen and oxygen atoms in total. The number of hydrogen-bond acceptors (Lipinski definition) is 8. The normalized spacial score (nSPS) is 11.8. The maximum absolute atomic E-state index is 13.4. The smallest absolute Gasteiger partial charge is 0.270 e. The van der Waals surface area contributed by atoms with Crippen LogP contribution >= 0.6 is 23.1 Å². The minimum absolute atomic E-state index is 0.0338. The Hall–Kier alpha value is -4.35. The van der Waals surface area contributed by atoms with E-state index in [-0.39, 0.29) is 17.2 Å². The molecule has 0 saturated carbocycles. The topological polar surface area (TPSA) is 120 Å². The SMILES string of the molecule is CC(Sc1nc2ccccc2c(=O)n1-c1ccccc1)C(=O)Nc1nc(-c2cccc([N+](=O)[O-])c2)cs1. The Morgan fingerprint density at radius 1 is 1.05 bits per heavy atom. The van der Waals surface area contributed by atoms with Gasteiger partial charge in [0.1, 0.15) is 0 Å². The van der Waals surface area contributed by atoms with Crippen LogP contribution in [0.3, 0.4) is 0 Å². The number of non-ortho nitro benzene ring substituents is 1. The molecule has 3 aromatic carbocycles. The molecule has 0 aliphatic heterocycles. The first-order chi connectivity index (χ1) is 17.9. The van der Waals surface area contributed by atoms with Gasteiger partial charge in [-0.1, -0.05) is 54.2 Å². The molecule has 11 heteroatoms. The lowest BCUT2D eigenvalue weighted by atomic mass is 10.1. The number of para-hydroxylation sites is 2. The van der Waals surface area contributed by atoms with Crippen LogP contribution in [0.1, 0.15) is 6.92 Å². The van der Waals surface area contributed by atoms with Crippen LogP contribution in [0.4, 0.5) is 10.8 Å². The fourth-order valence-electron chi connectivity index (χ4n) is 3.66. The van der Waals surface area contributed by atoms with Crippen molar-refractivity contribution < 1.29 is 9.72 Å². The fraction of sp³-hybridized carbons (Fsp3) is 0.0769. The Morgan fingerprint density at radius 2 is 1.81 bits per heavy atom. The minimum atomic E-state index is -0.604. The lowest BCUT2D eigenvalue weighted by Crippen LogP contribution is -2.26. The van der Waals surface area contributed by atoms with Gasteiger partial charge in [-0.15, -0.1) is 11.3 Å². The molecule has 0 bridgehead atoms. The standard InChI is InChI=1S/C26H19N5O4S2/c1-16(23(32)29-25-27-22(15-36-25)17-8-7-11-19(14-17)31(34)35)37-26-28-21-13-6-5-12-20(21)24(33)30(26)18-9-3-2-4-10-18/h2-16H,1H3,(H,27,29,32). The van der Waals surface area contributed by atoms with Crippen LogP contribution in [0.25, 0.3) is 27.8 Å². The molecule has 1 atom stereocenters. The second-order valence-corrected chi connectivity index (χ2v) is 10.1. The zero-order valence-electron chi connectivity index (χ0n) is 19.4. The van der Waals surface area contributed by atoms with Crippen molar-refractivity contribution in [3.05, 3.63) is 105 Å². The number of nitro benzene ring substituents is 1. The maximum Gasteiger partial charge on any atom is 0.270 e. The number of carbonyl (C=O) groups is 1. The minimum Gasteiger partial charge on any atom is -0.301 e. The van der Waals surface area contributed by atoms with Crippen molar-refractivity contribution in [1.29, 1.82) is 0 Å². The molecule has 0 radical (unpaired) electrons. The molecule has 1 amide bonds. The third-order valence-electron chi connectivity index (χ3n) is 5.50. The van der Waals surface area contributed by atoms with Gasteiger partial charge in [-0.05, 0) is 31.2 Å². The van der Waals surface area contributed by atoms with Gasteiger partial charge in [-0.3, -0.25) is 24.3 Å². The number of nitro groups is 1. The molecular formula is C26H19N5O4S2. The number of nitrogens with zero attached hydrogens (tertiary/aromatic N) is 4. The summed E-state index contributed by atoms with van der Waals surface area (Å²) in [7, 11) is 0. The van der Waals surface area contributed by atoms with Crippen LogP contribution in [-0.2, 0) is 4.79 Å². The van der Waals surface area contributed by atoms with E-state index in [1.165, 1.54) is 39.8 Å². The molecule has 37 heavy (non-hydrogen) atoms. The van der Waals surface area contributed by atoms with E-state index in [1.54, 1.807) is 42.6 Å². The first-order valence-corrected chi connectivity index (χ1v) is 12.9.